The van der Waals surface area contributed by atoms with Crippen molar-refractivity contribution in [1.29, 1.82) is 0 Å². The summed E-state index contributed by atoms with van der Waals surface area (Å²) in [5.41, 5.74) is 6.77. The summed E-state index contributed by atoms with van der Waals surface area (Å²) in [5.74, 6) is -0.473. The van der Waals surface area contributed by atoms with E-state index in [4.69, 9.17) is 15.2 Å². The molecule has 0 fully saturated rings. The molecule has 1 aliphatic carbocycles. The lowest BCUT2D eigenvalue weighted by atomic mass is 9.71. The second kappa shape index (κ2) is 5.62. The van der Waals surface area contributed by atoms with E-state index in [-0.39, 0.29) is 23.9 Å². The van der Waals surface area contributed by atoms with Crippen molar-refractivity contribution in [2.75, 3.05) is 5.73 Å². The van der Waals surface area contributed by atoms with Gasteiger partial charge < -0.3 is 20.3 Å². The first-order valence-corrected chi connectivity index (χ1v) is 8.07. The number of hydrogen-bond donors (Lipinski definition) is 2. The van der Waals surface area contributed by atoms with E-state index in [0.29, 0.717) is 33.9 Å². The van der Waals surface area contributed by atoms with E-state index < -0.39 is 17.5 Å². The largest absolute Gasteiger partial charge is 0.508 e. The molecule has 2 aromatic rings. The van der Waals surface area contributed by atoms with Gasteiger partial charge in [-0.3, -0.25) is 4.79 Å². The maximum Gasteiger partial charge on any atom is 0.339 e. The van der Waals surface area contributed by atoms with Crippen molar-refractivity contribution < 1.29 is 24.2 Å². The minimum absolute atomic E-state index is 0. The lowest BCUT2D eigenvalue weighted by Crippen LogP contribution is -2.42. The molecule has 2 atom stereocenters. The number of fused-ring (bicyclic) bond motifs is 6. The molecule has 136 valence electrons. The lowest BCUT2D eigenvalue weighted by molar-refractivity contribution is -0.110. The SMILES string of the molecule is Cl.Nc1ccc2c(c1)C(=O)OC21c2ccc(O)cc2OC2=CC(=O)C=CC21. The standard InChI is InChI=1S/C20H13NO5.ClH/c21-10-1-4-14-13(7-10)19(24)26-20(14)15-5-2-11(22)8-17(15)25-18-9-12(23)3-6-16(18)20;/h1-9,15,23H,21H2;1H. The van der Waals surface area contributed by atoms with Gasteiger partial charge in [0.25, 0.3) is 0 Å². The number of ketones is 1. The average molecular weight is 384 g/mol. The second-order valence-corrected chi connectivity index (χ2v) is 6.50. The summed E-state index contributed by atoms with van der Waals surface area (Å²) in [4.78, 5) is 24.5. The smallest absolute Gasteiger partial charge is 0.339 e. The van der Waals surface area contributed by atoms with Gasteiger partial charge in [0.05, 0.1) is 11.5 Å². The molecule has 1 spiro atoms. The van der Waals surface area contributed by atoms with E-state index in [1.807, 2.05) is 0 Å². The third kappa shape index (κ3) is 2.20. The van der Waals surface area contributed by atoms with E-state index in [9.17, 15) is 14.7 Å². The zero-order chi connectivity index (χ0) is 18.1. The Kier molecular flexibility index (Phi) is 3.58. The van der Waals surface area contributed by atoms with Crippen molar-refractivity contribution in [2.24, 2.45) is 5.92 Å². The van der Waals surface area contributed by atoms with Gasteiger partial charge in [0.1, 0.15) is 17.3 Å². The topological polar surface area (TPSA) is 98.9 Å². The molecule has 0 bridgehead atoms. The number of nitrogens with two attached hydrogens (primary N) is 1. The van der Waals surface area contributed by atoms with Gasteiger partial charge in [-0.05, 0) is 30.3 Å². The van der Waals surface area contributed by atoms with Crippen molar-refractivity contribution >= 4 is 29.8 Å². The van der Waals surface area contributed by atoms with Crippen LogP contribution < -0.4 is 10.5 Å². The van der Waals surface area contributed by atoms with Crippen LogP contribution in [0.1, 0.15) is 21.5 Å². The molecule has 0 saturated carbocycles. The molecule has 3 N–H and O–H groups in total. The van der Waals surface area contributed by atoms with Crippen LogP contribution in [-0.4, -0.2) is 16.9 Å². The molecule has 7 heteroatoms. The third-order valence-corrected chi connectivity index (χ3v) is 4.99. The van der Waals surface area contributed by atoms with Crippen LogP contribution in [0.4, 0.5) is 5.69 Å². The Morgan fingerprint density at radius 3 is 2.67 bits per heavy atom. The number of nitrogen functional groups attached to an aromatic ring is 1. The first kappa shape index (κ1) is 17.2. The average Bonchev–Trinajstić information content (AvgIpc) is 2.87. The van der Waals surface area contributed by atoms with Gasteiger partial charge in [-0.25, -0.2) is 4.79 Å². The van der Waals surface area contributed by atoms with Crippen LogP contribution in [0.2, 0.25) is 0 Å². The molecule has 0 radical (unpaired) electrons. The van der Waals surface area contributed by atoms with Crippen LogP contribution in [0, 0.1) is 5.92 Å². The first-order valence-electron chi connectivity index (χ1n) is 8.07. The monoisotopic (exact) mass is 383 g/mol. The van der Waals surface area contributed by atoms with E-state index in [2.05, 4.69) is 0 Å². The number of carbonyl (C=O) groups excluding carboxylic acids is 2. The summed E-state index contributed by atoms with van der Waals surface area (Å²) >= 11 is 0. The molecule has 27 heavy (non-hydrogen) atoms. The fourth-order valence-corrected chi connectivity index (χ4v) is 3.93. The Morgan fingerprint density at radius 2 is 1.85 bits per heavy atom. The minimum atomic E-state index is -1.18. The van der Waals surface area contributed by atoms with Crippen LogP contribution in [0.3, 0.4) is 0 Å². The predicted octanol–water partition coefficient (Wildman–Crippen LogP) is 2.84. The zero-order valence-electron chi connectivity index (χ0n) is 13.8. The van der Waals surface area contributed by atoms with Crippen molar-refractivity contribution in [3.05, 3.63) is 77.1 Å². The number of anilines is 1. The summed E-state index contributed by atoms with van der Waals surface area (Å²) < 4.78 is 11.8. The molecule has 5 rings (SSSR count). The maximum absolute atomic E-state index is 12.6. The molecule has 2 unspecified atom stereocenters. The molecule has 0 amide bonds. The number of benzene rings is 2. The van der Waals surface area contributed by atoms with Gasteiger partial charge in [0, 0.05) is 29.0 Å². The van der Waals surface area contributed by atoms with Gasteiger partial charge in [0.15, 0.2) is 11.4 Å². The number of halogens is 1. The maximum atomic E-state index is 12.6. The normalized spacial score (nSPS) is 24.1. The molecular weight excluding hydrogens is 370 g/mol. The van der Waals surface area contributed by atoms with Gasteiger partial charge in [0.2, 0.25) is 0 Å². The van der Waals surface area contributed by atoms with Crippen LogP contribution >= 0.6 is 12.4 Å². The Balaban J connectivity index is 0.00000180. The van der Waals surface area contributed by atoms with Crippen molar-refractivity contribution in [3.63, 3.8) is 0 Å². The summed E-state index contributed by atoms with van der Waals surface area (Å²) in [6.07, 6.45) is 4.50. The molecule has 2 aliphatic heterocycles. The van der Waals surface area contributed by atoms with Gasteiger partial charge in [-0.15, -0.1) is 12.4 Å². The Bertz CT molecular complexity index is 1070. The molecule has 2 aromatic carbocycles. The molecule has 2 heterocycles. The minimum Gasteiger partial charge on any atom is -0.508 e. The van der Waals surface area contributed by atoms with E-state index in [0.717, 1.165) is 0 Å². The molecular formula is C20H14ClNO5. The molecule has 6 nitrogen and oxygen atoms in total. The van der Waals surface area contributed by atoms with Crippen molar-refractivity contribution in [3.8, 4) is 11.5 Å². The third-order valence-electron chi connectivity index (χ3n) is 4.99. The van der Waals surface area contributed by atoms with Crippen LogP contribution in [-0.2, 0) is 15.1 Å². The van der Waals surface area contributed by atoms with E-state index >= 15 is 0 Å². The number of carbonyl (C=O) groups is 2. The number of ether oxygens (including phenoxy) is 2. The summed E-state index contributed by atoms with van der Waals surface area (Å²) in [5, 5.41) is 9.85. The fourth-order valence-electron chi connectivity index (χ4n) is 3.93. The van der Waals surface area contributed by atoms with Gasteiger partial charge in [-0.1, -0.05) is 12.1 Å². The van der Waals surface area contributed by atoms with Crippen LogP contribution in [0.25, 0.3) is 0 Å². The Morgan fingerprint density at radius 1 is 1.07 bits per heavy atom. The molecule has 0 aromatic heterocycles. The Hall–Kier alpha value is -3.25. The Labute approximate surface area is 160 Å². The highest BCUT2D eigenvalue weighted by atomic mass is 35.5. The number of aromatic hydroxyl groups is 1. The number of phenols is 1. The lowest BCUT2D eigenvalue weighted by Gasteiger charge is -2.42. The highest BCUT2D eigenvalue weighted by Gasteiger charge is 2.57. The predicted molar refractivity (Wildman–Crippen MR) is 98.8 cm³/mol. The van der Waals surface area contributed by atoms with E-state index in [1.54, 1.807) is 30.3 Å². The number of phenolic OH excluding ortho intramolecular Hbond substituents is 1. The number of hydrogen-bond acceptors (Lipinski definition) is 6. The quantitative estimate of drug-likeness (QED) is 0.536. The van der Waals surface area contributed by atoms with Crippen molar-refractivity contribution in [1.82, 2.24) is 0 Å². The molecule has 0 saturated heterocycles. The highest BCUT2D eigenvalue weighted by molar-refractivity contribution is 6.01. The van der Waals surface area contributed by atoms with E-state index in [1.165, 1.54) is 24.3 Å². The zero-order valence-corrected chi connectivity index (χ0v) is 14.7. The number of esters is 1. The summed E-state index contributed by atoms with van der Waals surface area (Å²) in [6, 6.07) is 9.69. The van der Waals surface area contributed by atoms with Crippen molar-refractivity contribution in [2.45, 2.75) is 5.60 Å². The fraction of sp³-hybridized carbons (Fsp3) is 0.100. The van der Waals surface area contributed by atoms with Gasteiger partial charge in [-0.2, -0.15) is 0 Å². The molecule has 3 aliphatic rings. The first-order chi connectivity index (χ1) is 12.5. The summed E-state index contributed by atoms with van der Waals surface area (Å²) in [6.45, 7) is 0. The van der Waals surface area contributed by atoms with Crippen LogP contribution in [0.5, 0.6) is 11.5 Å². The second-order valence-electron chi connectivity index (χ2n) is 6.50. The van der Waals surface area contributed by atoms with Gasteiger partial charge >= 0.3 is 5.97 Å². The van der Waals surface area contributed by atoms with Crippen LogP contribution in [0.15, 0.2) is 60.4 Å². The highest BCUT2D eigenvalue weighted by Crippen LogP contribution is 2.56. The summed E-state index contributed by atoms with van der Waals surface area (Å²) in [7, 11) is 0. The number of allylic oxidation sites excluding steroid dienone is 2. The number of rotatable bonds is 0.